The maximum atomic E-state index is 12.4. The third-order valence-electron chi connectivity index (χ3n) is 4.42. The van der Waals surface area contributed by atoms with Crippen LogP contribution in [-0.2, 0) is 9.59 Å². The van der Waals surface area contributed by atoms with Crippen LogP contribution in [0.25, 0.3) is 0 Å². The molecule has 5 heteroatoms. The van der Waals surface area contributed by atoms with Gasteiger partial charge in [0.1, 0.15) is 0 Å². The van der Waals surface area contributed by atoms with Crippen molar-refractivity contribution in [2.75, 3.05) is 24.2 Å². The van der Waals surface area contributed by atoms with Crippen LogP contribution >= 0.6 is 0 Å². The Morgan fingerprint density at radius 1 is 1.00 bits per heavy atom. The molecule has 2 amide bonds. The van der Waals surface area contributed by atoms with E-state index in [-0.39, 0.29) is 18.4 Å². The van der Waals surface area contributed by atoms with Crippen LogP contribution in [0.3, 0.4) is 0 Å². The van der Waals surface area contributed by atoms with Crippen molar-refractivity contribution in [2.45, 2.75) is 33.7 Å². The predicted molar refractivity (Wildman–Crippen MR) is 106 cm³/mol. The van der Waals surface area contributed by atoms with Crippen LogP contribution < -0.4 is 10.6 Å². The molecule has 2 N–H and O–H groups in total. The molecule has 26 heavy (non-hydrogen) atoms. The summed E-state index contributed by atoms with van der Waals surface area (Å²) in [5, 5.41) is 5.83. The van der Waals surface area contributed by atoms with Crippen molar-refractivity contribution < 1.29 is 9.59 Å². The van der Waals surface area contributed by atoms with Gasteiger partial charge in [-0.05, 0) is 58.0 Å². The Morgan fingerprint density at radius 2 is 1.58 bits per heavy atom. The van der Waals surface area contributed by atoms with Gasteiger partial charge in [0.2, 0.25) is 11.8 Å². The highest BCUT2D eigenvalue weighted by Crippen LogP contribution is 2.21. The van der Waals surface area contributed by atoms with E-state index in [1.165, 1.54) is 5.56 Å². The number of anilines is 2. The van der Waals surface area contributed by atoms with Gasteiger partial charge in [0, 0.05) is 11.4 Å². The van der Waals surface area contributed by atoms with Crippen molar-refractivity contribution in [2.24, 2.45) is 0 Å². The lowest BCUT2D eigenvalue weighted by atomic mass is 10.1. The number of aryl methyl sites for hydroxylation is 3. The molecule has 0 aliphatic carbocycles. The Labute approximate surface area is 155 Å². The van der Waals surface area contributed by atoms with Gasteiger partial charge in [-0.15, -0.1) is 0 Å². The van der Waals surface area contributed by atoms with Crippen LogP contribution in [0.2, 0.25) is 0 Å². The van der Waals surface area contributed by atoms with Gasteiger partial charge in [-0.2, -0.15) is 0 Å². The highest BCUT2D eigenvalue weighted by atomic mass is 16.2. The summed E-state index contributed by atoms with van der Waals surface area (Å²) in [6.07, 6.45) is 0. The largest absolute Gasteiger partial charge is 0.325 e. The average Bonchev–Trinajstić information content (AvgIpc) is 2.58. The SMILES string of the molecule is Cc1cc(C)c(NC(=O)CN(C)C(C)C(=O)Nc2ccccc2)c(C)c1. The minimum absolute atomic E-state index is 0.135. The van der Waals surface area contributed by atoms with Gasteiger partial charge in [-0.25, -0.2) is 0 Å². The molecule has 0 aliphatic heterocycles. The number of amides is 2. The van der Waals surface area contributed by atoms with Gasteiger partial charge in [-0.1, -0.05) is 35.9 Å². The second-order valence-corrected chi connectivity index (χ2v) is 6.77. The lowest BCUT2D eigenvalue weighted by Gasteiger charge is -2.23. The fraction of sp³-hybridized carbons (Fsp3) is 0.333. The number of nitrogens with one attached hydrogen (secondary N) is 2. The molecule has 2 aromatic carbocycles. The number of rotatable bonds is 6. The van der Waals surface area contributed by atoms with E-state index in [4.69, 9.17) is 0 Å². The molecule has 5 nitrogen and oxygen atoms in total. The van der Waals surface area contributed by atoms with E-state index in [2.05, 4.69) is 10.6 Å². The molecular formula is C21H27N3O2. The number of para-hydroxylation sites is 1. The summed E-state index contributed by atoms with van der Waals surface area (Å²) >= 11 is 0. The van der Waals surface area contributed by atoms with E-state index in [1.54, 1.807) is 18.9 Å². The molecule has 1 atom stereocenters. The van der Waals surface area contributed by atoms with E-state index in [0.717, 1.165) is 22.5 Å². The second kappa shape index (κ2) is 8.63. The summed E-state index contributed by atoms with van der Waals surface area (Å²) in [5.74, 6) is -0.281. The van der Waals surface area contributed by atoms with Gasteiger partial charge >= 0.3 is 0 Å². The number of nitrogens with zero attached hydrogens (tertiary/aromatic N) is 1. The molecule has 0 spiro atoms. The van der Waals surface area contributed by atoms with E-state index >= 15 is 0 Å². The summed E-state index contributed by atoms with van der Waals surface area (Å²) in [5.41, 5.74) is 4.83. The first-order valence-corrected chi connectivity index (χ1v) is 8.71. The van der Waals surface area contributed by atoms with Crippen molar-refractivity contribution in [3.05, 3.63) is 59.2 Å². The Balaban J connectivity index is 1.95. The highest BCUT2D eigenvalue weighted by molar-refractivity contribution is 5.96. The average molecular weight is 353 g/mol. The molecule has 0 fully saturated rings. The first-order chi connectivity index (χ1) is 12.3. The number of hydrogen-bond donors (Lipinski definition) is 2. The molecule has 0 aliphatic rings. The number of hydrogen-bond acceptors (Lipinski definition) is 3. The fourth-order valence-electron chi connectivity index (χ4n) is 2.89. The molecule has 0 saturated heterocycles. The van der Waals surface area contributed by atoms with Gasteiger partial charge < -0.3 is 10.6 Å². The van der Waals surface area contributed by atoms with Gasteiger partial charge in [0.25, 0.3) is 0 Å². The van der Waals surface area contributed by atoms with Crippen LogP contribution in [0.15, 0.2) is 42.5 Å². The van der Waals surface area contributed by atoms with E-state index < -0.39 is 6.04 Å². The lowest BCUT2D eigenvalue weighted by Crippen LogP contribution is -2.43. The van der Waals surface area contributed by atoms with Crippen LogP contribution in [0.5, 0.6) is 0 Å². The molecule has 1 unspecified atom stereocenters. The molecule has 0 bridgehead atoms. The van der Waals surface area contributed by atoms with E-state index in [9.17, 15) is 9.59 Å². The number of carbonyl (C=O) groups is 2. The zero-order chi connectivity index (χ0) is 19.3. The first kappa shape index (κ1) is 19.7. The van der Waals surface area contributed by atoms with Crippen LogP contribution in [-0.4, -0.2) is 36.3 Å². The summed E-state index contributed by atoms with van der Waals surface area (Å²) in [7, 11) is 1.77. The number of likely N-dealkylation sites (N-methyl/N-ethyl adjacent to an activating group) is 1. The van der Waals surface area contributed by atoms with Crippen LogP contribution in [0.1, 0.15) is 23.6 Å². The minimum atomic E-state index is -0.429. The highest BCUT2D eigenvalue weighted by Gasteiger charge is 2.20. The van der Waals surface area contributed by atoms with Gasteiger partial charge in [-0.3, -0.25) is 14.5 Å². The van der Waals surface area contributed by atoms with Crippen LogP contribution in [0, 0.1) is 20.8 Å². The molecule has 0 radical (unpaired) electrons. The van der Waals surface area contributed by atoms with E-state index in [0.29, 0.717) is 0 Å². The van der Waals surface area contributed by atoms with E-state index in [1.807, 2.05) is 63.2 Å². The molecule has 0 aromatic heterocycles. The molecule has 0 heterocycles. The quantitative estimate of drug-likeness (QED) is 0.835. The zero-order valence-corrected chi connectivity index (χ0v) is 16.1. The van der Waals surface area contributed by atoms with Gasteiger partial charge in [0.15, 0.2) is 0 Å². The summed E-state index contributed by atoms with van der Waals surface area (Å²) in [4.78, 5) is 26.5. The maximum Gasteiger partial charge on any atom is 0.241 e. The van der Waals surface area contributed by atoms with Crippen LogP contribution in [0.4, 0.5) is 11.4 Å². The summed E-state index contributed by atoms with van der Waals surface area (Å²) in [6, 6.07) is 12.9. The van der Waals surface area contributed by atoms with Crippen molar-refractivity contribution in [1.29, 1.82) is 0 Å². The van der Waals surface area contributed by atoms with Crippen molar-refractivity contribution in [3.8, 4) is 0 Å². The number of benzene rings is 2. The normalized spacial score (nSPS) is 11.9. The maximum absolute atomic E-state index is 12.4. The predicted octanol–water partition coefficient (Wildman–Crippen LogP) is 3.51. The topological polar surface area (TPSA) is 61.4 Å². The van der Waals surface area contributed by atoms with Gasteiger partial charge in [0.05, 0.1) is 12.6 Å². The minimum Gasteiger partial charge on any atom is -0.325 e. The molecule has 2 aromatic rings. The monoisotopic (exact) mass is 353 g/mol. The van der Waals surface area contributed by atoms with Crippen molar-refractivity contribution >= 4 is 23.2 Å². The van der Waals surface area contributed by atoms with Crippen molar-refractivity contribution in [3.63, 3.8) is 0 Å². The molecular weight excluding hydrogens is 326 g/mol. The zero-order valence-electron chi connectivity index (χ0n) is 16.1. The summed E-state index contributed by atoms with van der Waals surface area (Å²) < 4.78 is 0. The van der Waals surface area contributed by atoms with Crippen molar-refractivity contribution in [1.82, 2.24) is 4.90 Å². The Morgan fingerprint density at radius 3 is 2.15 bits per heavy atom. The second-order valence-electron chi connectivity index (χ2n) is 6.77. The molecule has 138 valence electrons. The lowest BCUT2D eigenvalue weighted by molar-refractivity contribution is -0.122. The Bertz CT molecular complexity index is 764. The molecule has 0 saturated carbocycles. The Kier molecular flexibility index (Phi) is 6.52. The fourth-order valence-corrected chi connectivity index (χ4v) is 2.89. The first-order valence-electron chi connectivity index (χ1n) is 8.71. The smallest absolute Gasteiger partial charge is 0.241 e. The summed E-state index contributed by atoms with van der Waals surface area (Å²) in [6.45, 7) is 7.92. The Hall–Kier alpha value is -2.66. The standard InChI is InChI=1S/C21H27N3O2/c1-14-11-15(2)20(16(3)12-14)23-19(25)13-24(5)17(4)21(26)22-18-9-7-6-8-10-18/h6-12,17H,13H2,1-5H3,(H,22,26)(H,23,25). The third kappa shape index (κ3) is 5.17. The third-order valence-corrected chi connectivity index (χ3v) is 4.42. The number of carbonyl (C=O) groups excluding carboxylic acids is 2. The molecule has 2 rings (SSSR count).